The molecular formula is C17H23NO2S. The smallest absolute Gasteiger partial charge is 0.223 e. The number of benzene rings is 1. The molecule has 1 unspecified atom stereocenters. The maximum atomic E-state index is 12.2. The lowest BCUT2D eigenvalue weighted by atomic mass is 9.99. The van der Waals surface area contributed by atoms with Crippen molar-refractivity contribution in [1.29, 1.82) is 0 Å². The number of hydrogen-bond acceptors (Lipinski definition) is 3. The van der Waals surface area contributed by atoms with Crippen LogP contribution in [0.2, 0.25) is 0 Å². The van der Waals surface area contributed by atoms with Gasteiger partial charge in [0.25, 0.3) is 0 Å². The van der Waals surface area contributed by atoms with Crippen molar-refractivity contribution in [1.82, 2.24) is 4.90 Å². The van der Waals surface area contributed by atoms with Crippen LogP contribution in [0.4, 0.5) is 0 Å². The second-order valence-corrected chi connectivity index (χ2v) is 7.22. The first kappa shape index (κ1) is 16.1. The fourth-order valence-electron chi connectivity index (χ4n) is 3.00. The molecule has 0 saturated carbocycles. The molecule has 1 aliphatic rings. The van der Waals surface area contributed by atoms with E-state index in [0.717, 1.165) is 12.3 Å². The van der Waals surface area contributed by atoms with E-state index in [1.165, 1.54) is 34.0 Å². The molecule has 0 bridgehead atoms. The highest BCUT2D eigenvalue weighted by Crippen LogP contribution is 2.26. The van der Waals surface area contributed by atoms with Gasteiger partial charge in [0, 0.05) is 32.2 Å². The monoisotopic (exact) mass is 305 g/mol. The quantitative estimate of drug-likeness (QED) is 0.857. The van der Waals surface area contributed by atoms with Crippen LogP contribution in [0, 0.1) is 26.7 Å². The molecule has 21 heavy (non-hydrogen) atoms. The standard InChI is InChI=1S/C17H23NO2S/c1-11-5-12(2)16(13(3)6-11)9-18-8-15(7-17(18)20)10-21-14(4)19/h5-6,15H,7-10H2,1-4H3. The summed E-state index contributed by atoms with van der Waals surface area (Å²) in [4.78, 5) is 25.1. The van der Waals surface area contributed by atoms with E-state index in [0.29, 0.717) is 18.9 Å². The second-order valence-electron chi connectivity index (χ2n) is 6.02. The van der Waals surface area contributed by atoms with Gasteiger partial charge in [0.15, 0.2) is 5.12 Å². The first-order valence-corrected chi connectivity index (χ1v) is 8.33. The van der Waals surface area contributed by atoms with Gasteiger partial charge >= 0.3 is 0 Å². The highest BCUT2D eigenvalue weighted by Gasteiger charge is 2.30. The molecule has 1 atom stereocenters. The van der Waals surface area contributed by atoms with Crippen LogP contribution < -0.4 is 0 Å². The number of hydrogen-bond donors (Lipinski definition) is 0. The van der Waals surface area contributed by atoms with E-state index in [2.05, 4.69) is 32.9 Å². The molecule has 0 spiro atoms. The van der Waals surface area contributed by atoms with Crippen LogP contribution in [-0.4, -0.2) is 28.2 Å². The summed E-state index contributed by atoms with van der Waals surface area (Å²) in [6, 6.07) is 4.35. The summed E-state index contributed by atoms with van der Waals surface area (Å²) in [5.41, 5.74) is 5.02. The number of carbonyl (C=O) groups excluding carboxylic acids is 2. The predicted octanol–water partition coefficient (Wildman–Crippen LogP) is 3.24. The van der Waals surface area contributed by atoms with Crippen molar-refractivity contribution in [3.63, 3.8) is 0 Å². The molecule has 1 heterocycles. The van der Waals surface area contributed by atoms with Crippen LogP contribution in [0.1, 0.15) is 35.6 Å². The fraction of sp³-hybridized carbons (Fsp3) is 0.529. The van der Waals surface area contributed by atoms with Gasteiger partial charge in [-0.05, 0) is 43.4 Å². The third-order valence-electron chi connectivity index (χ3n) is 4.01. The van der Waals surface area contributed by atoms with Gasteiger partial charge in [-0.2, -0.15) is 0 Å². The Bertz CT molecular complexity index is 545. The van der Waals surface area contributed by atoms with Crippen LogP contribution >= 0.6 is 11.8 Å². The molecule has 2 rings (SSSR count). The van der Waals surface area contributed by atoms with E-state index in [4.69, 9.17) is 0 Å². The number of rotatable bonds is 4. The number of thioether (sulfide) groups is 1. The molecule has 1 aromatic carbocycles. The van der Waals surface area contributed by atoms with Crippen molar-refractivity contribution in [3.8, 4) is 0 Å². The van der Waals surface area contributed by atoms with Crippen LogP contribution in [0.15, 0.2) is 12.1 Å². The minimum Gasteiger partial charge on any atom is -0.338 e. The van der Waals surface area contributed by atoms with Gasteiger partial charge < -0.3 is 4.90 Å². The molecule has 3 nitrogen and oxygen atoms in total. The predicted molar refractivity (Wildman–Crippen MR) is 87.3 cm³/mol. The van der Waals surface area contributed by atoms with E-state index in [1.54, 1.807) is 6.92 Å². The van der Waals surface area contributed by atoms with E-state index in [1.807, 2.05) is 4.90 Å². The largest absolute Gasteiger partial charge is 0.338 e. The number of carbonyl (C=O) groups is 2. The van der Waals surface area contributed by atoms with Crippen molar-refractivity contribution in [2.24, 2.45) is 5.92 Å². The third kappa shape index (κ3) is 4.10. The van der Waals surface area contributed by atoms with Crippen molar-refractivity contribution in [2.45, 2.75) is 40.7 Å². The number of amides is 1. The summed E-state index contributed by atoms with van der Waals surface area (Å²) in [7, 11) is 0. The summed E-state index contributed by atoms with van der Waals surface area (Å²) in [5.74, 6) is 1.27. The lowest BCUT2D eigenvalue weighted by Gasteiger charge is -2.20. The van der Waals surface area contributed by atoms with Gasteiger partial charge in [0.05, 0.1) is 0 Å². The summed E-state index contributed by atoms with van der Waals surface area (Å²) >= 11 is 1.33. The molecule has 4 heteroatoms. The van der Waals surface area contributed by atoms with Crippen LogP contribution in [0.5, 0.6) is 0 Å². The lowest BCUT2D eigenvalue weighted by molar-refractivity contribution is -0.128. The first-order chi connectivity index (χ1) is 9.86. The van der Waals surface area contributed by atoms with Crippen molar-refractivity contribution in [2.75, 3.05) is 12.3 Å². The van der Waals surface area contributed by atoms with Gasteiger partial charge in [0.1, 0.15) is 0 Å². The van der Waals surface area contributed by atoms with Gasteiger partial charge in [-0.15, -0.1) is 0 Å². The topological polar surface area (TPSA) is 37.4 Å². The van der Waals surface area contributed by atoms with Gasteiger partial charge in [-0.25, -0.2) is 0 Å². The maximum absolute atomic E-state index is 12.2. The highest BCUT2D eigenvalue weighted by molar-refractivity contribution is 8.13. The Balaban J connectivity index is 2.04. The first-order valence-electron chi connectivity index (χ1n) is 7.34. The molecule has 1 saturated heterocycles. The van der Waals surface area contributed by atoms with Crippen molar-refractivity contribution in [3.05, 3.63) is 34.4 Å². The molecule has 1 aromatic rings. The zero-order valence-electron chi connectivity index (χ0n) is 13.2. The average Bonchev–Trinajstić information content (AvgIpc) is 2.72. The Labute approximate surface area is 131 Å². The molecule has 0 aromatic heterocycles. The summed E-state index contributed by atoms with van der Waals surface area (Å²) in [6.07, 6.45) is 0.574. The molecule has 1 aliphatic heterocycles. The zero-order chi connectivity index (χ0) is 15.6. The van der Waals surface area contributed by atoms with E-state index in [-0.39, 0.29) is 11.0 Å². The Morgan fingerprint density at radius 1 is 1.29 bits per heavy atom. The summed E-state index contributed by atoms with van der Waals surface area (Å²) in [6.45, 7) is 9.36. The maximum Gasteiger partial charge on any atom is 0.223 e. The second kappa shape index (κ2) is 6.65. The molecule has 114 valence electrons. The summed E-state index contributed by atoms with van der Waals surface area (Å²) < 4.78 is 0. The highest BCUT2D eigenvalue weighted by atomic mass is 32.2. The Morgan fingerprint density at radius 2 is 1.90 bits per heavy atom. The molecule has 0 aliphatic carbocycles. The summed E-state index contributed by atoms with van der Waals surface area (Å²) in [5, 5.41) is 0.131. The normalized spacial score (nSPS) is 18.4. The van der Waals surface area contributed by atoms with E-state index in [9.17, 15) is 9.59 Å². The number of aryl methyl sites for hydroxylation is 3. The number of nitrogens with zero attached hydrogens (tertiary/aromatic N) is 1. The molecule has 0 radical (unpaired) electrons. The third-order valence-corrected chi connectivity index (χ3v) is 5.05. The number of likely N-dealkylation sites (tertiary alicyclic amines) is 1. The SMILES string of the molecule is CC(=O)SCC1CC(=O)N(Cc2c(C)cc(C)cc2C)C1. The molecular weight excluding hydrogens is 282 g/mol. The van der Waals surface area contributed by atoms with Crippen molar-refractivity contribution < 1.29 is 9.59 Å². The molecule has 0 N–H and O–H groups in total. The zero-order valence-corrected chi connectivity index (χ0v) is 14.0. The minimum absolute atomic E-state index is 0.131. The van der Waals surface area contributed by atoms with Gasteiger partial charge in [-0.1, -0.05) is 29.5 Å². The Morgan fingerprint density at radius 3 is 2.48 bits per heavy atom. The fourth-order valence-corrected chi connectivity index (χ4v) is 3.70. The average molecular weight is 305 g/mol. The Hall–Kier alpha value is -1.29. The minimum atomic E-state index is 0.131. The van der Waals surface area contributed by atoms with Crippen LogP contribution in [0.25, 0.3) is 0 Å². The van der Waals surface area contributed by atoms with Gasteiger partial charge in [-0.3, -0.25) is 9.59 Å². The molecule has 1 amide bonds. The van der Waals surface area contributed by atoms with Crippen molar-refractivity contribution >= 4 is 22.8 Å². The van der Waals surface area contributed by atoms with E-state index < -0.39 is 0 Å². The molecule has 1 fully saturated rings. The van der Waals surface area contributed by atoms with E-state index >= 15 is 0 Å². The lowest BCUT2D eigenvalue weighted by Crippen LogP contribution is -2.25. The Kier molecular flexibility index (Phi) is 5.09. The van der Waals surface area contributed by atoms with Crippen LogP contribution in [0.3, 0.4) is 0 Å². The van der Waals surface area contributed by atoms with Gasteiger partial charge in [0.2, 0.25) is 5.91 Å². The van der Waals surface area contributed by atoms with Crippen LogP contribution in [-0.2, 0) is 16.1 Å².